The Labute approximate surface area is 111 Å². The summed E-state index contributed by atoms with van der Waals surface area (Å²) in [6.45, 7) is 4.64. The molecule has 1 aromatic heterocycles. The minimum Gasteiger partial charge on any atom is -0.437 e. The molecule has 5 heteroatoms. The standard InChI is InChI=1S/C14H14N4O/c1-3-16-13-10(2)14(18-9-17-13)19-12-7-5-4-6-11(12)8-15/h4-7,9H,3H2,1-2H3,(H,16,17,18). The number of benzene rings is 1. The zero-order chi connectivity index (χ0) is 13.7. The molecular weight excluding hydrogens is 240 g/mol. The van der Waals surface area contributed by atoms with Gasteiger partial charge in [-0.15, -0.1) is 0 Å². The van der Waals surface area contributed by atoms with Crippen LogP contribution < -0.4 is 10.1 Å². The van der Waals surface area contributed by atoms with E-state index in [-0.39, 0.29) is 0 Å². The van der Waals surface area contributed by atoms with E-state index in [1.54, 1.807) is 18.2 Å². The van der Waals surface area contributed by atoms with E-state index in [1.807, 2.05) is 19.9 Å². The average molecular weight is 254 g/mol. The monoisotopic (exact) mass is 254 g/mol. The predicted molar refractivity (Wildman–Crippen MR) is 72.2 cm³/mol. The number of ether oxygens (including phenoxy) is 1. The van der Waals surface area contributed by atoms with E-state index < -0.39 is 0 Å². The summed E-state index contributed by atoms with van der Waals surface area (Å²) in [6, 6.07) is 9.15. The van der Waals surface area contributed by atoms with Crippen molar-refractivity contribution >= 4 is 5.82 Å². The Kier molecular flexibility index (Phi) is 3.94. The first kappa shape index (κ1) is 12.8. The summed E-state index contributed by atoms with van der Waals surface area (Å²) in [5.74, 6) is 1.69. The van der Waals surface area contributed by atoms with Crippen LogP contribution in [0.15, 0.2) is 30.6 Å². The van der Waals surface area contributed by atoms with Crippen molar-refractivity contribution in [2.75, 3.05) is 11.9 Å². The number of para-hydroxylation sites is 1. The van der Waals surface area contributed by atoms with E-state index in [2.05, 4.69) is 21.4 Å². The Balaban J connectivity index is 2.34. The lowest BCUT2D eigenvalue weighted by Crippen LogP contribution is -2.04. The number of hydrogen-bond donors (Lipinski definition) is 1. The maximum Gasteiger partial charge on any atom is 0.227 e. The molecule has 2 rings (SSSR count). The fourth-order valence-electron chi connectivity index (χ4n) is 1.63. The largest absolute Gasteiger partial charge is 0.437 e. The van der Waals surface area contributed by atoms with Gasteiger partial charge in [0.15, 0.2) is 0 Å². The van der Waals surface area contributed by atoms with Gasteiger partial charge >= 0.3 is 0 Å². The van der Waals surface area contributed by atoms with E-state index >= 15 is 0 Å². The van der Waals surface area contributed by atoms with Crippen molar-refractivity contribution in [3.05, 3.63) is 41.7 Å². The first-order valence-corrected chi connectivity index (χ1v) is 5.98. The van der Waals surface area contributed by atoms with E-state index in [1.165, 1.54) is 6.33 Å². The number of aromatic nitrogens is 2. The second kappa shape index (κ2) is 5.83. The molecule has 19 heavy (non-hydrogen) atoms. The average Bonchev–Trinajstić information content (AvgIpc) is 2.44. The summed E-state index contributed by atoms with van der Waals surface area (Å²) in [7, 11) is 0. The summed E-state index contributed by atoms with van der Waals surface area (Å²) in [6.07, 6.45) is 1.44. The molecule has 0 atom stereocenters. The highest BCUT2D eigenvalue weighted by atomic mass is 16.5. The molecule has 0 aliphatic carbocycles. The van der Waals surface area contributed by atoms with Crippen molar-refractivity contribution in [3.63, 3.8) is 0 Å². The molecule has 0 bridgehead atoms. The third-order valence-electron chi connectivity index (χ3n) is 2.60. The lowest BCUT2D eigenvalue weighted by atomic mass is 10.2. The number of anilines is 1. The second-order valence-corrected chi connectivity index (χ2v) is 3.89. The second-order valence-electron chi connectivity index (χ2n) is 3.89. The maximum absolute atomic E-state index is 9.03. The lowest BCUT2D eigenvalue weighted by molar-refractivity contribution is 0.456. The van der Waals surface area contributed by atoms with Crippen molar-refractivity contribution in [2.45, 2.75) is 13.8 Å². The number of rotatable bonds is 4. The topological polar surface area (TPSA) is 70.8 Å². The third-order valence-corrected chi connectivity index (χ3v) is 2.60. The van der Waals surface area contributed by atoms with Crippen LogP contribution in [-0.4, -0.2) is 16.5 Å². The minimum absolute atomic E-state index is 0.452. The molecule has 0 amide bonds. The van der Waals surface area contributed by atoms with Crippen molar-refractivity contribution in [3.8, 4) is 17.7 Å². The molecule has 5 nitrogen and oxygen atoms in total. The zero-order valence-electron chi connectivity index (χ0n) is 10.8. The predicted octanol–water partition coefficient (Wildman–Crippen LogP) is 2.88. The number of nitrogens with zero attached hydrogens (tertiary/aromatic N) is 3. The Morgan fingerprint density at radius 3 is 2.84 bits per heavy atom. The van der Waals surface area contributed by atoms with E-state index in [9.17, 15) is 0 Å². The molecule has 0 radical (unpaired) electrons. The molecule has 96 valence electrons. The summed E-state index contributed by atoms with van der Waals surface area (Å²) < 4.78 is 5.70. The molecular formula is C14H14N4O. The molecule has 0 unspecified atom stereocenters. The Bertz CT molecular complexity index is 619. The SMILES string of the molecule is CCNc1ncnc(Oc2ccccc2C#N)c1C. The van der Waals surface area contributed by atoms with Gasteiger partial charge in [0.2, 0.25) is 5.88 Å². The fourth-order valence-corrected chi connectivity index (χ4v) is 1.63. The van der Waals surface area contributed by atoms with Crippen molar-refractivity contribution in [1.82, 2.24) is 9.97 Å². The highest BCUT2D eigenvalue weighted by Gasteiger charge is 2.10. The molecule has 0 fully saturated rings. The van der Waals surface area contributed by atoms with Crippen LogP contribution in [0.25, 0.3) is 0 Å². The fraction of sp³-hybridized carbons (Fsp3) is 0.214. The third kappa shape index (κ3) is 2.80. The van der Waals surface area contributed by atoms with Crippen molar-refractivity contribution < 1.29 is 4.74 Å². The van der Waals surface area contributed by atoms with Gasteiger partial charge < -0.3 is 10.1 Å². The summed E-state index contributed by atoms with van der Waals surface area (Å²) >= 11 is 0. The van der Waals surface area contributed by atoms with Crippen LogP contribution in [0.3, 0.4) is 0 Å². The van der Waals surface area contributed by atoms with Crippen LogP contribution >= 0.6 is 0 Å². The summed E-state index contributed by atoms with van der Waals surface area (Å²) in [5.41, 5.74) is 1.29. The molecule has 2 aromatic rings. The van der Waals surface area contributed by atoms with Crippen LogP contribution in [0, 0.1) is 18.3 Å². The van der Waals surface area contributed by atoms with Gasteiger partial charge in [-0.2, -0.15) is 5.26 Å². The smallest absolute Gasteiger partial charge is 0.227 e. The molecule has 0 saturated heterocycles. The zero-order valence-corrected chi connectivity index (χ0v) is 10.8. The highest BCUT2D eigenvalue weighted by molar-refractivity contribution is 5.50. The van der Waals surface area contributed by atoms with Gasteiger partial charge in [0.1, 0.15) is 24.0 Å². The Morgan fingerprint density at radius 2 is 2.11 bits per heavy atom. The van der Waals surface area contributed by atoms with E-state index in [4.69, 9.17) is 10.00 Å². The normalized spacial score (nSPS) is 9.74. The molecule has 1 aromatic carbocycles. The van der Waals surface area contributed by atoms with Crippen LogP contribution in [0.1, 0.15) is 18.1 Å². The van der Waals surface area contributed by atoms with Gasteiger partial charge in [-0.1, -0.05) is 12.1 Å². The number of nitriles is 1. The first-order chi connectivity index (χ1) is 9.26. The van der Waals surface area contributed by atoms with Crippen LogP contribution in [0.4, 0.5) is 5.82 Å². The molecule has 1 heterocycles. The van der Waals surface area contributed by atoms with Gasteiger partial charge in [0.25, 0.3) is 0 Å². The highest BCUT2D eigenvalue weighted by Crippen LogP contribution is 2.27. The molecule has 0 spiro atoms. The van der Waals surface area contributed by atoms with Gasteiger partial charge in [0.05, 0.1) is 11.1 Å². The Hall–Kier alpha value is -2.61. The first-order valence-electron chi connectivity index (χ1n) is 5.98. The van der Waals surface area contributed by atoms with Crippen LogP contribution in [0.5, 0.6) is 11.6 Å². The molecule has 0 aliphatic heterocycles. The lowest BCUT2D eigenvalue weighted by Gasteiger charge is -2.11. The van der Waals surface area contributed by atoms with E-state index in [0.29, 0.717) is 17.2 Å². The van der Waals surface area contributed by atoms with Crippen LogP contribution in [0.2, 0.25) is 0 Å². The van der Waals surface area contributed by atoms with Crippen molar-refractivity contribution in [2.24, 2.45) is 0 Å². The van der Waals surface area contributed by atoms with Gasteiger partial charge in [-0.25, -0.2) is 9.97 Å². The van der Waals surface area contributed by atoms with E-state index in [0.717, 1.165) is 17.9 Å². The number of nitrogens with one attached hydrogen (secondary N) is 1. The maximum atomic E-state index is 9.03. The van der Waals surface area contributed by atoms with Gasteiger partial charge in [0, 0.05) is 6.54 Å². The summed E-state index contributed by atoms with van der Waals surface area (Å²) in [4.78, 5) is 8.25. The minimum atomic E-state index is 0.452. The Morgan fingerprint density at radius 1 is 1.32 bits per heavy atom. The van der Waals surface area contributed by atoms with Crippen LogP contribution in [-0.2, 0) is 0 Å². The number of hydrogen-bond acceptors (Lipinski definition) is 5. The molecule has 0 saturated carbocycles. The van der Waals surface area contributed by atoms with Gasteiger partial charge in [-0.05, 0) is 26.0 Å². The van der Waals surface area contributed by atoms with Crippen molar-refractivity contribution in [1.29, 1.82) is 5.26 Å². The summed E-state index contributed by atoms with van der Waals surface area (Å²) in [5, 5.41) is 12.2. The quantitative estimate of drug-likeness (QED) is 0.908. The molecule has 1 N–H and O–H groups in total. The molecule has 0 aliphatic rings. The van der Waals surface area contributed by atoms with Gasteiger partial charge in [-0.3, -0.25) is 0 Å².